The van der Waals surface area contributed by atoms with Crippen LogP contribution in [0.25, 0.3) is 0 Å². The summed E-state index contributed by atoms with van der Waals surface area (Å²) in [4.78, 5) is 0. The smallest absolute Gasteiger partial charge is 0.0476 e. The van der Waals surface area contributed by atoms with Crippen molar-refractivity contribution in [1.29, 1.82) is 0 Å². The molecule has 1 heterocycles. The molecule has 0 atom stereocenters. The van der Waals surface area contributed by atoms with Gasteiger partial charge < -0.3 is 10.5 Å². The van der Waals surface area contributed by atoms with Crippen molar-refractivity contribution in [3.8, 4) is 0 Å². The first-order valence-electron chi connectivity index (χ1n) is 6.27. The van der Waals surface area contributed by atoms with Gasteiger partial charge in [-0.2, -0.15) is 11.8 Å². The summed E-state index contributed by atoms with van der Waals surface area (Å²) in [5, 5.41) is 0.775. The van der Waals surface area contributed by atoms with Crippen LogP contribution in [0.4, 0.5) is 0 Å². The Kier molecular flexibility index (Phi) is 4.89. The zero-order valence-electron chi connectivity index (χ0n) is 10.4. The van der Waals surface area contributed by atoms with Gasteiger partial charge in [0.25, 0.3) is 0 Å². The molecule has 0 aliphatic carbocycles. The highest BCUT2D eigenvalue weighted by atomic mass is 32.2. The van der Waals surface area contributed by atoms with E-state index in [0.29, 0.717) is 6.54 Å². The van der Waals surface area contributed by atoms with Crippen molar-refractivity contribution in [2.45, 2.75) is 37.3 Å². The van der Waals surface area contributed by atoms with Gasteiger partial charge in [0.15, 0.2) is 0 Å². The largest absolute Gasteiger partial charge is 0.381 e. The highest BCUT2D eigenvalue weighted by Gasteiger charge is 2.14. The van der Waals surface area contributed by atoms with Crippen molar-refractivity contribution >= 4 is 11.8 Å². The van der Waals surface area contributed by atoms with E-state index in [1.807, 2.05) is 0 Å². The molecular formula is C14H21NOS. The van der Waals surface area contributed by atoms with E-state index >= 15 is 0 Å². The standard InChI is InChI=1S/C14H21NOS/c1-11-8-12(9-15)2-3-13(11)10-17-14-4-6-16-7-5-14/h2-3,8,14H,4-7,9-10,15H2,1H3. The molecule has 2 N–H and O–H groups in total. The molecule has 0 spiro atoms. The average Bonchev–Trinajstić information content (AvgIpc) is 2.38. The van der Waals surface area contributed by atoms with Gasteiger partial charge in [0.2, 0.25) is 0 Å². The SMILES string of the molecule is Cc1cc(CN)ccc1CSC1CCOCC1. The van der Waals surface area contributed by atoms with E-state index in [4.69, 9.17) is 10.5 Å². The molecule has 3 heteroatoms. The molecule has 0 saturated carbocycles. The predicted molar refractivity (Wildman–Crippen MR) is 74.2 cm³/mol. The Morgan fingerprint density at radius 1 is 1.35 bits per heavy atom. The first-order chi connectivity index (χ1) is 8.29. The van der Waals surface area contributed by atoms with E-state index in [1.165, 1.54) is 29.5 Å². The molecule has 0 aromatic heterocycles. The molecule has 17 heavy (non-hydrogen) atoms. The maximum atomic E-state index is 5.64. The number of nitrogens with two attached hydrogens (primary N) is 1. The third-order valence-electron chi connectivity index (χ3n) is 3.29. The van der Waals surface area contributed by atoms with Crippen molar-refractivity contribution < 1.29 is 4.74 Å². The van der Waals surface area contributed by atoms with Gasteiger partial charge in [-0.3, -0.25) is 0 Å². The highest BCUT2D eigenvalue weighted by molar-refractivity contribution is 7.99. The third-order valence-corrected chi connectivity index (χ3v) is 4.71. The Balaban J connectivity index is 1.89. The van der Waals surface area contributed by atoms with E-state index in [9.17, 15) is 0 Å². The summed E-state index contributed by atoms with van der Waals surface area (Å²) in [6, 6.07) is 6.58. The monoisotopic (exact) mass is 251 g/mol. The number of aryl methyl sites for hydroxylation is 1. The van der Waals surface area contributed by atoms with Crippen LogP contribution in [0.1, 0.15) is 29.5 Å². The predicted octanol–water partition coefficient (Wildman–Crippen LogP) is 2.87. The molecule has 1 aromatic rings. The molecule has 1 aromatic carbocycles. The van der Waals surface area contributed by atoms with Crippen molar-refractivity contribution in [2.75, 3.05) is 13.2 Å². The van der Waals surface area contributed by atoms with Crippen LogP contribution < -0.4 is 5.73 Å². The number of thioether (sulfide) groups is 1. The molecule has 0 radical (unpaired) electrons. The molecule has 2 rings (SSSR count). The van der Waals surface area contributed by atoms with Crippen LogP contribution in [0.5, 0.6) is 0 Å². The Morgan fingerprint density at radius 3 is 2.76 bits per heavy atom. The van der Waals surface area contributed by atoms with Gasteiger partial charge in [-0.15, -0.1) is 0 Å². The van der Waals surface area contributed by atoms with Gasteiger partial charge in [0.1, 0.15) is 0 Å². The van der Waals surface area contributed by atoms with Crippen molar-refractivity contribution in [3.05, 3.63) is 34.9 Å². The van der Waals surface area contributed by atoms with E-state index in [2.05, 4.69) is 36.9 Å². The van der Waals surface area contributed by atoms with Crippen molar-refractivity contribution in [1.82, 2.24) is 0 Å². The fraction of sp³-hybridized carbons (Fsp3) is 0.571. The molecule has 0 amide bonds. The van der Waals surface area contributed by atoms with Gasteiger partial charge in [-0.25, -0.2) is 0 Å². The third kappa shape index (κ3) is 3.73. The van der Waals surface area contributed by atoms with E-state index in [0.717, 1.165) is 24.2 Å². The molecule has 94 valence electrons. The lowest BCUT2D eigenvalue weighted by Gasteiger charge is -2.21. The van der Waals surface area contributed by atoms with Crippen LogP contribution in [-0.4, -0.2) is 18.5 Å². The first kappa shape index (κ1) is 12.9. The Labute approximate surface area is 108 Å². The zero-order valence-corrected chi connectivity index (χ0v) is 11.3. The first-order valence-corrected chi connectivity index (χ1v) is 7.32. The van der Waals surface area contributed by atoms with E-state index in [1.54, 1.807) is 0 Å². The van der Waals surface area contributed by atoms with Gasteiger partial charge in [0, 0.05) is 30.8 Å². The molecule has 2 nitrogen and oxygen atoms in total. The number of rotatable bonds is 4. The van der Waals surface area contributed by atoms with Crippen LogP contribution in [-0.2, 0) is 17.0 Å². The van der Waals surface area contributed by atoms with Gasteiger partial charge >= 0.3 is 0 Å². The minimum absolute atomic E-state index is 0.633. The fourth-order valence-electron chi connectivity index (χ4n) is 2.10. The molecule has 0 unspecified atom stereocenters. The quantitative estimate of drug-likeness (QED) is 0.893. The lowest BCUT2D eigenvalue weighted by atomic mass is 10.1. The minimum Gasteiger partial charge on any atom is -0.381 e. The second kappa shape index (κ2) is 6.43. The fourth-order valence-corrected chi connectivity index (χ4v) is 3.36. The second-order valence-corrected chi connectivity index (χ2v) is 5.88. The van der Waals surface area contributed by atoms with Crippen LogP contribution in [0.2, 0.25) is 0 Å². The van der Waals surface area contributed by atoms with Crippen LogP contribution >= 0.6 is 11.8 Å². The maximum absolute atomic E-state index is 5.64. The molecule has 1 aliphatic rings. The van der Waals surface area contributed by atoms with Crippen LogP contribution in [0.3, 0.4) is 0 Å². The lowest BCUT2D eigenvalue weighted by molar-refractivity contribution is 0.1000. The van der Waals surface area contributed by atoms with Crippen molar-refractivity contribution in [2.24, 2.45) is 5.73 Å². The number of hydrogen-bond acceptors (Lipinski definition) is 3. The summed E-state index contributed by atoms with van der Waals surface area (Å²) in [6.45, 7) is 4.68. The molecule has 1 aliphatic heterocycles. The van der Waals surface area contributed by atoms with E-state index < -0.39 is 0 Å². The summed E-state index contributed by atoms with van der Waals surface area (Å²) < 4.78 is 5.38. The Morgan fingerprint density at radius 2 is 2.12 bits per heavy atom. The topological polar surface area (TPSA) is 35.2 Å². The summed E-state index contributed by atoms with van der Waals surface area (Å²) in [5.41, 5.74) is 9.68. The second-order valence-electron chi connectivity index (χ2n) is 4.59. The van der Waals surface area contributed by atoms with Gasteiger partial charge in [-0.05, 0) is 36.5 Å². The van der Waals surface area contributed by atoms with Gasteiger partial charge in [-0.1, -0.05) is 18.2 Å². The number of benzene rings is 1. The lowest BCUT2D eigenvalue weighted by Crippen LogP contribution is -2.17. The van der Waals surface area contributed by atoms with Crippen LogP contribution in [0.15, 0.2) is 18.2 Å². The summed E-state index contributed by atoms with van der Waals surface area (Å²) in [6.07, 6.45) is 2.40. The highest BCUT2D eigenvalue weighted by Crippen LogP contribution is 2.27. The zero-order chi connectivity index (χ0) is 12.1. The summed E-state index contributed by atoms with van der Waals surface area (Å²) in [5.74, 6) is 1.11. The maximum Gasteiger partial charge on any atom is 0.0476 e. The average molecular weight is 251 g/mol. The normalized spacial score (nSPS) is 17.3. The van der Waals surface area contributed by atoms with E-state index in [-0.39, 0.29) is 0 Å². The van der Waals surface area contributed by atoms with Crippen LogP contribution in [0, 0.1) is 6.92 Å². The Bertz CT molecular complexity index is 361. The van der Waals surface area contributed by atoms with Crippen molar-refractivity contribution in [3.63, 3.8) is 0 Å². The number of hydrogen-bond donors (Lipinski definition) is 1. The number of ether oxygens (including phenoxy) is 1. The van der Waals surface area contributed by atoms with Gasteiger partial charge in [0.05, 0.1) is 0 Å². The molecule has 0 bridgehead atoms. The summed E-state index contributed by atoms with van der Waals surface area (Å²) in [7, 11) is 0. The summed E-state index contributed by atoms with van der Waals surface area (Å²) >= 11 is 2.07. The Hall–Kier alpha value is -0.510. The molecular weight excluding hydrogens is 230 g/mol. The minimum atomic E-state index is 0.633. The molecule has 1 saturated heterocycles. The molecule has 1 fully saturated rings.